The summed E-state index contributed by atoms with van der Waals surface area (Å²) in [6, 6.07) is 11.5. The minimum absolute atomic E-state index is 0.0371. The molecule has 0 atom stereocenters. The maximum absolute atomic E-state index is 11.8. The van der Waals surface area contributed by atoms with E-state index in [9.17, 15) is 14.9 Å². The van der Waals surface area contributed by atoms with Gasteiger partial charge in [-0.3, -0.25) is 15.1 Å². The maximum atomic E-state index is 11.8. The van der Waals surface area contributed by atoms with E-state index in [0.29, 0.717) is 12.0 Å². The van der Waals surface area contributed by atoms with Gasteiger partial charge in [0, 0.05) is 18.6 Å². The van der Waals surface area contributed by atoms with Gasteiger partial charge in [-0.05, 0) is 35.4 Å². The van der Waals surface area contributed by atoms with Crippen molar-refractivity contribution in [2.75, 3.05) is 7.11 Å². The van der Waals surface area contributed by atoms with Gasteiger partial charge in [-0.15, -0.1) is 0 Å². The summed E-state index contributed by atoms with van der Waals surface area (Å²) >= 11 is 0. The van der Waals surface area contributed by atoms with Gasteiger partial charge in [0.1, 0.15) is 0 Å². The number of aliphatic imine (C=N–C) groups is 1. The number of esters is 1. The van der Waals surface area contributed by atoms with E-state index in [4.69, 9.17) is 4.74 Å². The molecule has 2 aromatic rings. The van der Waals surface area contributed by atoms with E-state index in [-0.39, 0.29) is 5.69 Å². The normalized spacial score (nSPS) is 12.5. The van der Waals surface area contributed by atoms with E-state index < -0.39 is 10.9 Å². The average Bonchev–Trinajstić information content (AvgIpc) is 2.98. The molecule has 0 unspecified atom stereocenters. The summed E-state index contributed by atoms with van der Waals surface area (Å²) in [5.41, 5.74) is 3.67. The van der Waals surface area contributed by atoms with Crippen molar-refractivity contribution in [2.24, 2.45) is 4.99 Å². The number of carbonyl (C=O) groups excluding carboxylic acids is 1. The second kappa shape index (κ2) is 5.40. The first-order valence-electron chi connectivity index (χ1n) is 6.62. The smallest absolute Gasteiger partial charge is 0.338 e. The molecule has 1 aliphatic heterocycles. The number of nitrogens with zero attached hydrogens (tertiary/aromatic N) is 2. The van der Waals surface area contributed by atoms with Crippen LogP contribution in [-0.4, -0.2) is 23.7 Å². The second-order valence-corrected chi connectivity index (χ2v) is 4.83. The highest BCUT2D eigenvalue weighted by Gasteiger charge is 2.22. The summed E-state index contributed by atoms with van der Waals surface area (Å²) in [6.45, 7) is 0. The van der Waals surface area contributed by atoms with Crippen molar-refractivity contribution >= 4 is 23.1 Å². The number of hydrogen-bond acceptors (Lipinski definition) is 5. The van der Waals surface area contributed by atoms with Crippen molar-refractivity contribution in [3.8, 4) is 0 Å². The van der Waals surface area contributed by atoms with Crippen LogP contribution in [0.4, 0.5) is 11.4 Å². The Balaban J connectivity index is 1.93. The summed E-state index contributed by atoms with van der Waals surface area (Å²) in [5.74, 6) is -0.392. The van der Waals surface area contributed by atoms with Crippen molar-refractivity contribution in [1.82, 2.24) is 0 Å². The molecular formula is C16H12N2O4. The number of benzene rings is 2. The number of carbonyl (C=O) groups is 1. The lowest BCUT2D eigenvalue weighted by atomic mass is 10.00. The Kier molecular flexibility index (Phi) is 3.42. The largest absolute Gasteiger partial charge is 0.465 e. The van der Waals surface area contributed by atoms with Crippen LogP contribution in [-0.2, 0) is 11.2 Å². The van der Waals surface area contributed by atoms with Crippen molar-refractivity contribution < 1.29 is 14.5 Å². The topological polar surface area (TPSA) is 81.8 Å². The Morgan fingerprint density at radius 3 is 2.59 bits per heavy atom. The summed E-state index contributed by atoms with van der Waals surface area (Å²) in [6.07, 6.45) is 0.498. The molecule has 0 amide bonds. The third kappa shape index (κ3) is 2.35. The summed E-state index contributed by atoms with van der Waals surface area (Å²) in [7, 11) is 1.34. The quantitative estimate of drug-likeness (QED) is 0.495. The van der Waals surface area contributed by atoms with Crippen molar-refractivity contribution in [2.45, 2.75) is 6.42 Å². The fourth-order valence-electron chi connectivity index (χ4n) is 2.46. The Labute approximate surface area is 126 Å². The molecule has 6 nitrogen and oxygen atoms in total. The number of nitro benzene ring substituents is 1. The first kappa shape index (κ1) is 13.9. The number of ether oxygens (including phenoxy) is 1. The lowest BCUT2D eigenvalue weighted by molar-refractivity contribution is -0.384. The molecule has 0 aromatic heterocycles. The molecule has 110 valence electrons. The number of hydrogen-bond donors (Lipinski definition) is 0. The van der Waals surface area contributed by atoms with E-state index in [2.05, 4.69) is 4.99 Å². The number of non-ortho nitro benzene ring substituents is 1. The molecule has 1 heterocycles. The van der Waals surface area contributed by atoms with Gasteiger partial charge in [-0.1, -0.05) is 6.07 Å². The van der Waals surface area contributed by atoms with Gasteiger partial charge < -0.3 is 4.74 Å². The van der Waals surface area contributed by atoms with Gasteiger partial charge in [0.15, 0.2) is 0 Å². The van der Waals surface area contributed by atoms with E-state index >= 15 is 0 Å². The molecule has 0 aliphatic carbocycles. The molecule has 1 aliphatic rings. The molecule has 0 bridgehead atoms. The molecular weight excluding hydrogens is 284 g/mol. The van der Waals surface area contributed by atoms with Crippen LogP contribution in [0.25, 0.3) is 0 Å². The van der Waals surface area contributed by atoms with E-state index in [1.54, 1.807) is 24.3 Å². The SMILES string of the molecule is COC(=O)c1cccc2c1CC(c1ccc([N+](=O)[O-])cc1)=N2. The molecule has 0 radical (unpaired) electrons. The van der Waals surface area contributed by atoms with Gasteiger partial charge in [0.2, 0.25) is 0 Å². The van der Waals surface area contributed by atoms with E-state index in [1.807, 2.05) is 6.07 Å². The van der Waals surface area contributed by atoms with Crippen LogP contribution < -0.4 is 0 Å². The molecule has 22 heavy (non-hydrogen) atoms. The zero-order chi connectivity index (χ0) is 15.7. The van der Waals surface area contributed by atoms with Crippen molar-refractivity contribution in [1.29, 1.82) is 0 Å². The number of rotatable bonds is 3. The number of methoxy groups -OCH3 is 1. The molecule has 2 aromatic carbocycles. The van der Waals surface area contributed by atoms with E-state index in [1.165, 1.54) is 19.2 Å². The zero-order valence-corrected chi connectivity index (χ0v) is 11.8. The Morgan fingerprint density at radius 2 is 1.95 bits per heavy atom. The summed E-state index contributed by atoms with van der Waals surface area (Å²) in [5, 5.41) is 10.7. The van der Waals surface area contributed by atoms with Crippen LogP contribution in [0, 0.1) is 10.1 Å². The standard InChI is InChI=1S/C16H12N2O4/c1-22-16(19)12-3-2-4-14-13(12)9-15(17-14)10-5-7-11(8-6-10)18(20)21/h2-8H,9H2,1H3. The van der Waals surface area contributed by atoms with E-state index in [0.717, 1.165) is 22.5 Å². The van der Waals surface area contributed by atoms with Crippen LogP contribution in [0.15, 0.2) is 47.5 Å². The molecule has 6 heteroatoms. The molecule has 0 N–H and O–H groups in total. The Morgan fingerprint density at radius 1 is 1.23 bits per heavy atom. The first-order chi connectivity index (χ1) is 10.6. The lowest BCUT2D eigenvalue weighted by Crippen LogP contribution is -2.07. The van der Waals surface area contributed by atoms with Crippen LogP contribution in [0.3, 0.4) is 0 Å². The van der Waals surface area contributed by atoms with Gasteiger partial charge in [-0.2, -0.15) is 0 Å². The minimum Gasteiger partial charge on any atom is -0.465 e. The fraction of sp³-hybridized carbons (Fsp3) is 0.125. The highest BCUT2D eigenvalue weighted by atomic mass is 16.6. The van der Waals surface area contributed by atoms with Gasteiger partial charge in [0.05, 0.1) is 29.0 Å². The van der Waals surface area contributed by atoms with Crippen LogP contribution in [0.5, 0.6) is 0 Å². The number of nitro groups is 1. The minimum atomic E-state index is -0.440. The molecule has 0 spiro atoms. The molecule has 0 saturated heterocycles. The van der Waals surface area contributed by atoms with Crippen LogP contribution in [0.1, 0.15) is 21.5 Å². The van der Waals surface area contributed by atoms with Crippen molar-refractivity contribution in [3.05, 3.63) is 69.3 Å². The lowest BCUT2D eigenvalue weighted by Gasteiger charge is -2.05. The number of fused-ring (bicyclic) bond motifs is 1. The van der Waals surface area contributed by atoms with Crippen LogP contribution in [0.2, 0.25) is 0 Å². The van der Waals surface area contributed by atoms with Gasteiger partial charge in [-0.25, -0.2) is 4.79 Å². The molecule has 0 saturated carbocycles. The third-order valence-corrected chi connectivity index (χ3v) is 3.57. The fourth-order valence-corrected chi connectivity index (χ4v) is 2.46. The summed E-state index contributed by atoms with van der Waals surface area (Å²) < 4.78 is 4.78. The maximum Gasteiger partial charge on any atom is 0.338 e. The predicted molar refractivity (Wildman–Crippen MR) is 80.8 cm³/mol. The highest BCUT2D eigenvalue weighted by Crippen LogP contribution is 2.32. The third-order valence-electron chi connectivity index (χ3n) is 3.57. The Bertz CT molecular complexity index is 794. The average molecular weight is 296 g/mol. The molecule has 0 fully saturated rings. The van der Waals surface area contributed by atoms with Gasteiger partial charge in [0.25, 0.3) is 5.69 Å². The zero-order valence-electron chi connectivity index (χ0n) is 11.8. The monoisotopic (exact) mass is 296 g/mol. The highest BCUT2D eigenvalue weighted by molar-refractivity contribution is 6.08. The second-order valence-electron chi connectivity index (χ2n) is 4.83. The van der Waals surface area contributed by atoms with Crippen LogP contribution >= 0.6 is 0 Å². The van der Waals surface area contributed by atoms with Gasteiger partial charge >= 0.3 is 5.97 Å². The first-order valence-corrected chi connectivity index (χ1v) is 6.62. The molecule has 3 rings (SSSR count). The Hall–Kier alpha value is -3.02. The summed E-state index contributed by atoms with van der Waals surface area (Å²) in [4.78, 5) is 26.5. The predicted octanol–water partition coefficient (Wildman–Crippen LogP) is 3.06. The van der Waals surface area contributed by atoms with Crippen molar-refractivity contribution in [3.63, 3.8) is 0 Å².